The zero-order valence-corrected chi connectivity index (χ0v) is 11.3. The van der Waals surface area contributed by atoms with E-state index in [9.17, 15) is 0 Å². The second-order valence-electron chi connectivity index (χ2n) is 3.34. The average Bonchev–Trinajstić information content (AvgIpc) is 2.28. The lowest BCUT2D eigenvalue weighted by molar-refractivity contribution is 0.0733. The average molecular weight is 222 g/mol. The van der Waals surface area contributed by atoms with Crippen molar-refractivity contribution in [2.45, 2.75) is 13.0 Å². The molecule has 0 aliphatic heterocycles. The zero-order valence-electron chi connectivity index (χ0n) is 9.35. The first kappa shape index (κ1) is 12.2. The number of rotatable bonds is 6. The standard InChI is InChI=1S/C12H18O2Si/c1-11(13-9-10-14-15)7-8-12-5-3-2-4-6-12/h2-8,11H,9-10H2,1,15H3. The largest absolute Gasteiger partial charge is 0.426 e. The highest BCUT2D eigenvalue weighted by Crippen LogP contribution is 2.03. The number of ether oxygens (including phenoxy) is 1. The third-order valence-electron chi connectivity index (χ3n) is 2.03. The molecule has 3 heteroatoms. The second kappa shape index (κ2) is 7.40. The van der Waals surface area contributed by atoms with Gasteiger partial charge >= 0.3 is 0 Å². The molecule has 0 saturated carbocycles. The van der Waals surface area contributed by atoms with Gasteiger partial charge in [0.25, 0.3) is 0 Å². The molecule has 0 heterocycles. The van der Waals surface area contributed by atoms with Crippen LogP contribution >= 0.6 is 0 Å². The smallest absolute Gasteiger partial charge is 0.146 e. The molecule has 0 spiro atoms. The minimum Gasteiger partial charge on any atom is -0.426 e. The summed E-state index contributed by atoms with van der Waals surface area (Å²) in [5, 5.41) is 0. The lowest BCUT2D eigenvalue weighted by Crippen LogP contribution is -2.09. The van der Waals surface area contributed by atoms with E-state index in [1.54, 1.807) is 0 Å². The molecule has 0 radical (unpaired) electrons. The van der Waals surface area contributed by atoms with Gasteiger partial charge in [0, 0.05) is 0 Å². The summed E-state index contributed by atoms with van der Waals surface area (Å²) in [6.45, 7) is 3.41. The van der Waals surface area contributed by atoms with Crippen LogP contribution < -0.4 is 0 Å². The Morgan fingerprint density at radius 2 is 2.00 bits per heavy atom. The van der Waals surface area contributed by atoms with Crippen LogP contribution in [0.15, 0.2) is 36.4 Å². The molecule has 0 N–H and O–H groups in total. The van der Waals surface area contributed by atoms with Gasteiger partial charge in [-0.05, 0) is 12.5 Å². The molecule has 0 aliphatic carbocycles. The van der Waals surface area contributed by atoms with E-state index in [1.165, 1.54) is 5.56 Å². The Morgan fingerprint density at radius 1 is 1.27 bits per heavy atom. The molecule has 1 atom stereocenters. The summed E-state index contributed by atoms with van der Waals surface area (Å²) in [6.07, 6.45) is 4.27. The maximum absolute atomic E-state index is 5.51. The fraction of sp³-hybridized carbons (Fsp3) is 0.333. The first-order chi connectivity index (χ1) is 7.33. The molecule has 1 rings (SSSR count). The van der Waals surface area contributed by atoms with E-state index in [2.05, 4.69) is 24.3 Å². The lowest BCUT2D eigenvalue weighted by Gasteiger charge is -2.07. The Bertz CT molecular complexity index is 285. The predicted octanol–water partition coefficient (Wildman–Crippen LogP) is 1.40. The molecule has 0 bridgehead atoms. The van der Waals surface area contributed by atoms with Crippen molar-refractivity contribution < 1.29 is 9.16 Å². The minimum absolute atomic E-state index is 0.141. The molecule has 1 aromatic carbocycles. The Hall–Kier alpha value is -0.903. The summed E-state index contributed by atoms with van der Waals surface area (Å²) in [5.41, 5.74) is 1.20. The Labute approximate surface area is 94.5 Å². The van der Waals surface area contributed by atoms with Crippen molar-refractivity contribution in [1.29, 1.82) is 0 Å². The van der Waals surface area contributed by atoms with Gasteiger partial charge in [0.1, 0.15) is 10.5 Å². The Kier molecular flexibility index (Phi) is 6.00. The highest BCUT2D eigenvalue weighted by molar-refractivity contribution is 5.97. The highest BCUT2D eigenvalue weighted by atomic mass is 28.2. The van der Waals surface area contributed by atoms with Gasteiger partial charge in [-0.15, -0.1) is 0 Å². The summed E-state index contributed by atoms with van der Waals surface area (Å²) < 4.78 is 10.6. The Balaban J connectivity index is 2.31. The van der Waals surface area contributed by atoms with E-state index in [1.807, 2.05) is 25.1 Å². The first-order valence-corrected chi connectivity index (χ1v) is 5.98. The van der Waals surface area contributed by atoms with Crippen LogP contribution in [-0.4, -0.2) is 29.8 Å². The molecule has 0 fully saturated rings. The molecule has 1 unspecified atom stereocenters. The first-order valence-electron chi connectivity index (χ1n) is 5.16. The summed E-state index contributed by atoms with van der Waals surface area (Å²) >= 11 is 0. The summed E-state index contributed by atoms with van der Waals surface area (Å²) in [4.78, 5) is 0. The maximum Gasteiger partial charge on any atom is 0.146 e. The fourth-order valence-electron chi connectivity index (χ4n) is 1.18. The van der Waals surface area contributed by atoms with Crippen molar-refractivity contribution in [3.63, 3.8) is 0 Å². The van der Waals surface area contributed by atoms with Crippen molar-refractivity contribution in [3.8, 4) is 0 Å². The van der Waals surface area contributed by atoms with Crippen molar-refractivity contribution in [2.75, 3.05) is 13.2 Å². The molecule has 2 nitrogen and oxygen atoms in total. The highest BCUT2D eigenvalue weighted by Gasteiger charge is 1.95. The van der Waals surface area contributed by atoms with Gasteiger partial charge in [0.2, 0.25) is 0 Å². The Morgan fingerprint density at radius 3 is 2.67 bits per heavy atom. The fourth-order valence-corrected chi connectivity index (χ4v) is 1.35. The normalized spacial score (nSPS) is 13.4. The van der Waals surface area contributed by atoms with Crippen LogP contribution in [0.25, 0.3) is 6.08 Å². The SMILES string of the molecule is CC(C=Cc1ccccc1)OCCO[SiH3]. The third-order valence-corrected chi connectivity index (χ3v) is 2.44. The van der Waals surface area contributed by atoms with E-state index in [0.717, 1.165) is 10.5 Å². The van der Waals surface area contributed by atoms with Crippen LogP contribution in [0.5, 0.6) is 0 Å². The van der Waals surface area contributed by atoms with Crippen LogP contribution in [0.1, 0.15) is 12.5 Å². The van der Waals surface area contributed by atoms with Gasteiger partial charge in [-0.1, -0.05) is 42.5 Å². The van der Waals surface area contributed by atoms with Crippen LogP contribution in [-0.2, 0) is 9.16 Å². The number of benzene rings is 1. The van der Waals surface area contributed by atoms with Gasteiger partial charge in [-0.2, -0.15) is 0 Å². The van der Waals surface area contributed by atoms with E-state index >= 15 is 0 Å². The quantitative estimate of drug-likeness (QED) is 0.535. The van der Waals surface area contributed by atoms with Crippen molar-refractivity contribution in [3.05, 3.63) is 42.0 Å². The summed E-state index contributed by atoms with van der Waals surface area (Å²) in [6, 6.07) is 10.2. The van der Waals surface area contributed by atoms with Crippen LogP contribution in [0, 0.1) is 0 Å². The summed E-state index contributed by atoms with van der Waals surface area (Å²) in [5.74, 6) is 0. The molecular weight excluding hydrogens is 204 g/mol. The van der Waals surface area contributed by atoms with E-state index in [-0.39, 0.29) is 6.10 Å². The molecule has 0 aromatic heterocycles. The van der Waals surface area contributed by atoms with Gasteiger partial charge in [-0.25, -0.2) is 0 Å². The van der Waals surface area contributed by atoms with Gasteiger partial charge in [0.05, 0.1) is 19.3 Å². The molecule has 0 aliphatic rings. The van der Waals surface area contributed by atoms with Crippen molar-refractivity contribution in [2.24, 2.45) is 0 Å². The molecule has 1 aromatic rings. The minimum atomic E-state index is 0.141. The van der Waals surface area contributed by atoms with E-state index in [0.29, 0.717) is 13.2 Å². The molecular formula is C12H18O2Si. The van der Waals surface area contributed by atoms with Crippen molar-refractivity contribution in [1.82, 2.24) is 0 Å². The topological polar surface area (TPSA) is 18.5 Å². The van der Waals surface area contributed by atoms with Crippen molar-refractivity contribution >= 4 is 16.6 Å². The second-order valence-corrected chi connectivity index (χ2v) is 3.92. The van der Waals surface area contributed by atoms with Gasteiger partial charge in [0.15, 0.2) is 0 Å². The summed E-state index contributed by atoms with van der Waals surface area (Å²) in [7, 11) is 0.784. The van der Waals surface area contributed by atoms with E-state index in [4.69, 9.17) is 9.16 Å². The molecule has 82 valence electrons. The van der Waals surface area contributed by atoms with Crippen LogP contribution in [0.2, 0.25) is 0 Å². The monoisotopic (exact) mass is 222 g/mol. The third kappa shape index (κ3) is 5.52. The molecule has 0 amide bonds. The van der Waals surface area contributed by atoms with Crippen LogP contribution in [0.4, 0.5) is 0 Å². The lowest BCUT2D eigenvalue weighted by atomic mass is 10.2. The number of hydrogen-bond acceptors (Lipinski definition) is 2. The van der Waals surface area contributed by atoms with E-state index < -0.39 is 0 Å². The zero-order chi connectivity index (χ0) is 10.9. The molecule has 15 heavy (non-hydrogen) atoms. The maximum atomic E-state index is 5.51. The number of hydrogen-bond donors (Lipinski definition) is 0. The van der Waals surface area contributed by atoms with Gasteiger partial charge < -0.3 is 9.16 Å². The van der Waals surface area contributed by atoms with Crippen LogP contribution in [0.3, 0.4) is 0 Å². The predicted molar refractivity (Wildman–Crippen MR) is 66.8 cm³/mol. The van der Waals surface area contributed by atoms with Gasteiger partial charge in [-0.3, -0.25) is 0 Å². The molecule has 0 saturated heterocycles.